The lowest BCUT2D eigenvalue weighted by Gasteiger charge is -2.20. The number of aliphatic hydroxyl groups is 1. The summed E-state index contributed by atoms with van der Waals surface area (Å²) in [4.78, 5) is 0. The van der Waals surface area contributed by atoms with Crippen molar-refractivity contribution in [3.8, 4) is 5.75 Å². The molecule has 0 saturated heterocycles. The Bertz CT molecular complexity index is 342. The second kappa shape index (κ2) is 5.87. The molecule has 0 aliphatic rings. The van der Waals surface area contributed by atoms with Crippen LogP contribution in [0, 0.1) is 3.57 Å². The molecule has 16 heavy (non-hydrogen) atoms. The van der Waals surface area contributed by atoms with Crippen molar-refractivity contribution in [3.63, 3.8) is 0 Å². The molecule has 0 heterocycles. The van der Waals surface area contributed by atoms with E-state index in [0.717, 1.165) is 9.32 Å². The first-order valence-corrected chi connectivity index (χ1v) is 6.56. The van der Waals surface area contributed by atoms with E-state index in [4.69, 9.17) is 9.84 Å². The molecule has 1 rings (SSSR count). The highest BCUT2D eigenvalue weighted by Gasteiger charge is 2.15. The van der Waals surface area contributed by atoms with E-state index in [1.807, 2.05) is 6.07 Å². The van der Waals surface area contributed by atoms with Gasteiger partial charge in [-0.05, 0) is 45.7 Å². The summed E-state index contributed by atoms with van der Waals surface area (Å²) in [6.45, 7) is 7.35. The molecule has 1 aromatic carbocycles. The van der Waals surface area contributed by atoms with Crippen LogP contribution in [0.15, 0.2) is 18.2 Å². The van der Waals surface area contributed by atoms with Gasteiger partial charge in [0.05, 0.1) is 10.2 Å². The minimum absolute atomic E-state index is 0.170. The molecule has 0 aromatic heterocycles. The van der Waals surface area contributed by atoms with E-state index < -0.39 is 0 Å². The highest BCUT2D eigenvalue weighted by molar-refractivity contribution is 14.1. The quantitative estimate of drug-likeness (QED) is 0.676. The number of hydrogen-bond donors (Lipinski definition) is 1. The van der Waals surface area contributed by atoms with Gasteiger partial charge in [-0.3, -0.25) is 0 Å². The first kappa shape index (κ1) is 13.8. The van der Waals surface area contributed by atoms with Crippen molar-refractivity contribution in [2.75, 3.05) is 13.2 Å². The average Bonchev–Trinajstić information content (AvgIpc) is 2.19. The Kier molecular flexibility index (Phi) is 5.05. The summed E-state index contributed by atoms with van der Waals surface area (Å²) >= 11 is 2.29. The lowest BCUT2D eigenvalue weighted by atomic mass is 9.87. The van der Waals surface area contributed by atoms with E-state index in [1.165, 1.54) is 5.56 Å². The summed E-state index contributed by atoms with van der Waals surface area (Å²) < 4.78 is 6.71. The molecule has 0 fully saturated rings. The van der Waals surface area contributed by atoms with Crippen molar-refractivity contribution in [2.24, 2.45) is 0 Å². The van der Waals surface area contributed by atoms with Gasteiger partial charge in [0.15, 0.2) is 0 Å². The molecule has 1 aromatic rings. The number of ether oxygens (including phenoxy) is 1. The highest BCUT2D eigenvalue weighted by atomic mass is 127. The van der Waals surface area contributed by atoms with E-state index in [2.05, 4.69) is 55.5 Å². The topological polar surface area (TPSA) is 29.5 Å². The summed E-state index contributed by atoms with van der Waals surface area (Å²) in [7, 11) is 0. The third-order valence-electron chi connectivity index (χ3n) is 2.36. The Balaban J connectivity index is 2.76. The summed E-state index contributed by atoms with van der Waals surface area (Å²) in [6.07, 6.45) is 0.678. The summed E-state index contributed by atoms with van der Waals surface area (Å²) in [5, 5.41) is 8.68. The fourth-order valence-corrected chi connectivity index (χ4v) is 2.00. The van der Waals surface area contributed by atoms with Crippen molar-refractivity contribution < 1.29 is 9.84 Å². The van der Waals surface area contributed by atoms with Gasteiger partial charge >= 0.3 is 0 Å². The highest BCUT2D eigenvalue weighted by Crippen LogP contribution is 2.28. The first-order valence-electron chi connectivity index (χ1n) is 5.49. The maximum atomic E-state index is 8.68. The van der Waals surface area contributed by atoms with Crippen LogP contribution in [-0.2, 0) is 5.41 Å². The van der Waals surface area contributed by atoms with Gasteiger partial charge in [0.25, 0.3) is 0 Å². The third kappa shape index (κ3) is 3.94. The number of benzene rings is 1. The minimum Gasteiger partial charge on any atom is -0.492 e. The SMILES string of the molecule is CC(C)(C)c1ccc(OCCCO)c(I)c1. The van der Waals surface area contributed by atoms with E-state index >= 15 is 0 Å². The predicted molar refractivity (Wildman–Crippen MR) is 75.1 cm³/mol. The van der Waals surface area contributed by atoms with Gasteiger partial charge in [-0.15, -0.1) is 0 Å². The molecule has 0 bridgehead atoms. The molecule has 0 amide bonds. The van der Waals surface area contributed by atoms with Crippen molar-refractivity contribution in [1.29, 1.82) is 0 Å². The Morgan fingerprint density at radius 3 is 2.50 bits per heavy atom. The monoisotopic (exact) mass is 334 g/mol. The fourth-order valence-electron chi connectivity index (χ4n) is 1.33. The molecule has 0 saturated carbocycles. The maximum Gasteiger partial charge on any atom is 0.132 e. The normalized spacial score (nSPS) is 11.6. The number of aliphatic hydroxyl groups excluding tert-OH is 1. The molecule has 1 N–H and O–H groups in total. The summed E-state index contributed by atoms with van der Waals surface area (Å²) in [5.41, 5.74) is 1.48. The second-order valence-electron chi connectivity index (χ2n) is 4.82. The van der Waals surface area contributed by atoms with Crippen molar-refractivity contribution >= 4 is 22.6 Å². The number of rotatable bonds is 4. The smallest absolute Gasteiger partial charge is 0.132 e. The number of hydrogen-bond acceptors (Lipinski definition) is 2. The van der Waals surface area contributed by atoms with Gasteiger partial charge in [-0.2, -0.15) is 0 Å². The number of halogens is 1. The van der Waals surface area contributed by atoms with Crippen LogP contribution >= 0.6 is 22.6 Å². The van der Waals surface area contributed by atoms with E-state index in [1.54, 1.807) is 0 Å². The van der Waals surface area contributed by atoms with Crippen LogP contribution in [0.1, 0.15) is 32.8 Å². The summed E-state index contributed by atoms with van der Waals surface area (Å²) in [5.74, 6) is 0.905. The molecule has 90 valence electrons. The predicted octanol–water partition coefficient (Wildman–Crippen LogP) is 3.35. The van der Waals surface area contributed by atoms with Crippen LogP contribution in [-0.4, -0.2) is 18.3 Å². The molecule has 3 heteroatoms. The molecule has 0 spiro atoms. The molecule has 0 atom stereocenters. The van der Waals surface area contributed by atoms with Crippen LogP contribution in [0.5, 0.6) is 5.75 Å². The van der Waals surface area contributed by atoms with Crippen molar-refractivity contribution in [1.82, 2.24) is 0 Å². The van der Waals surface area contributed by atoms with E-state index in [0.29, 0.717) is 13.0 Å². The molecule has 0 aliphatic carbocycles. The minimum atomic E-state index is 0.170. The average molecular weight is 334 g/mol. The van der Waals surface area contributed by atoms with Gasteiger partial charge < -0.3 is 9.84 Å². The second-order valence-corrected chi connectivity index (χ2v) is 5.98. The van der Waals surface area contributed by atoms with Crippen molar-refractivity contribution in [3.05, 3.63) is 27.3 Å². The van der Waals surface area contributed by atoms with Gasteiger partial charge in [0.1, 0.15) is 5.75 Å². The van der Waals surface area contributed by atoms with Gasteiger partial charge in [-0.25, -0.2) is 0 Å². The maximum absolute atomic E-state index is 8.68. The summed E-state index contributed by atoms with van der Waals surface area (Å²) in [6, 6.07) is 6.28. The van der Waals surface area contributed by atoms with Crippen LogP contribution in [0.3, 0.4) is 0 Å². The van der Waals surface area contributed by atoms with E-state index in [9.17, 15) is 0 Å². The van der Waals surface area contributed by atoms with Crippen LogP contribution in [0.2, 0.25) is 0 Å². The largest absolute Gasteiger partial charge is 0.492 e. The zero-order valence-electron chi connectivity index (χ0n) is 10.1. The Hall–Kier alpha value is -0.290. The first-order chi connectivity index (χ1) is 7.45. The van der Waals surface area contributed by atoms with Crippen LogP contribution in [0.4, 0.5) is 0 Å². The van der Waals surface area contributed by atoms with E-state index in [-0.39, 0.29) is 12.0 Å². The third-order valence-corrected chi connectivity index (χ3v) is 3.20. The zero-order chi connectivity index (χ0) is 12.2. The van der Waals surface area contributed by atoms with Gasteiger partial charge in [-0.1, -0.05) is 26.8 Å². The Morgan fingerprint density at radius 2 is 2.00 bits per heavy atom. The molecular weight excluding hydrogens is 315 g/mol. The van der Waals surface area contributed by atoms with Crippen molar-refractivity contribution in [2.45, 2.75) is 32.6 Å². The van der Waals surface area contributed by atoms with Crippen LogP contribution < -0.4 is 4.74 Å². The molecule has 0 radical (unpaired) electrons. The molecular formula is C13H19IO2. The molecule has 0 unspecified atom stereocenters. The molecule has 0 aliphatic heterocycles. The Morgan fingerprint density at radius 1 is 1.31 bits per heavy atom. The lowest BCUT2D eigenvalue weighted by Crippen LogP contribution is -2.11. The fraction of sp³-hybridized carbons (Fsp3) is 0.538. The molecule has 2 nitrogen and oxygen atoms in total. The van der Waals surface area contributed by atoms with Crippen LogP contribution in [0.25, 0.3) is 0 Å². The van der Waals surface area contributed by atoms with Gasteiger partial charge in [0, 0.05) is 13.0 Å². The standard InChI is InChI=1S/C13H19IO2/c1-13(2,3)10-5-6-12(11(14)9-10)16-8-4-7-15/h5-6,9,15H,4,7-8H2,1-3H3. The Labute approximate surface area is 111 Å². The zero-order valence-corrected chi connectivity index (χ0v) is 12.2. The van der Waals surface area contributed by atoms with Gasteiger partial charge in [0.2, 0.25) is 0 Å². The lowest BCUT2D eigenvalue weighted by molar-refractivity contribution is 0.233.